The normalized spacial score (nSPS) is 17.9. The van der Waals surface area contributed by atoms with E-state index < -0.39 is 17.7 Å². The highest BCUT2D eigenvalue weighted by Gasteiger charge is 2.45. The highest BCUT2D eigenvalue weighted by molar-refractivity contribution is 6.46. The quantitative estimate of drug-likeness (QED) is 0.363. The number of hydrogen-bond acceptors (Lipinski definition) is 5. The second kappa shape index (κ2) is 10.5. The maximum atomic E-state index is 13.1. The van der Waals surface area contributed by atoms with Crippen LogP contribution in [0.4, 0.5) is 0 Å². The molecule has 1 aliphatic heterocycles. The summed E-state index contributed by atoms with van der Waals surface area (Å²) in [7, 11) is 0. The minimum atomic E-state index is -0.651. The largest absolute Gasteiger partial charge is 0.507 e. The van der Waals surface area contributed by atoms with Gasteiger partial charge in [0.15, 0.2) is 0 Å². The Kier molecular flexibility index (Phi) is 7.70. The van der Waals surface area contributed by atoms with Gasteiger partial charge in [-0.15, -0.1) is 0 Å². The summed E-state index contributed by atoms with van der Waals surface area (Å²) in [5, 5.41) is 11.1. The van der Waals surface area contributed by atoms with Gasteiger partial charge in [0, 0.05) is 18.7 Å². The van der Waals surface area contributed by atoms with E-state index in [1.165, 1.54) is 0 Å². The summed E-state index contributed by atoms with van der Waals surface area (Å²) >= 11 is 0. The number of Topliss-reactive ketones (excluding diaryl/α,β-unsaturated/α-hetero) is 1. The van der Waals surface area contributed by atoms with Gasteiger partial charge in [-0.05, 0) is 56.8 Å². The van der Waals surface area contributed by atoms with E-state index in [-0.39, 0.29) is 11.3 Å². The predicted molar refractivity (Wildman–Crippen MR) is 126 cm³/mol. The van der Waals surface area contributed by atoms with Gasteiger partial charge in [-0.2, -0.15) is 0 Å². The molecule has 1 aliphatic rings. The van der Waals surface area contributed by atoms with Gasteiger partial charge < -0.3 is 19.6 Å². The van der Waals surface area contributed by atoms with Gasteiger partial charge in [-0.3, -0.25) is 9.59 Å². The highest BCUT2D eigenvalue weighted by Crippen LogP contribution is 2.39. The molecule has 2 aromatic rings. The molecule has 1 amide bonds. The van der Waals surface area contributed by atoms with Crippen LogP contribution in [0.15, 0.2) is 54.1 Å². The van der Waals surface area contributed by atoms with Gasteiger partial charge in [-0.1, -0.05) is 43.7 Å². The third-order valence-corrected chi connectivity index (χ3v) is 5.92. The van der Waals surface area contributed by atoms with Crippen molar-refractivity contribution in [2.75, 3.05) is 32.8 Å². The molecular weight excluding hydrogens is 404 g/mol. The van der Waals surface area contributed by atoms with Crippen LogP contribution < -0.4 is 4.74 Å². The van der Waals surface area contributed by atoms with Gasteiger partial charge in [0.2, 0.25) is 0 Å². The van der Waals surface area contributed by atoms with Gasteiger partial charge in [-0.25, -0.2) is 0 Å². The molecule has 1 heterocycles. The molecule has 0 radical (unpaired) electrons. The molecule has 1 atom stereocenters. The molecule has 1 N–H and O–H groups in total. The molecule has 0 saturated carbocycles. The number of likely N-dealkylation sites (N-methyl/N-ethyl adjacent to an activating group) is 1. The molecule has 0 aromatic heterocycles. The molecular formula is C26H32N2O4. The molecule has 0 aliphatic carbocycles. The number of nitrogens with zero attached hydrogens (tertiary/aromatic N) is 2. The SMILES string of the molecule is CCOc1ccc(C(O)=C2C(=O)C(=O)N(CCN(CC)CC)[C@@H]2c2ccc(C)cc2)cc1. The molecule has 6 heteroatoms. The van der Waals surface area contributed by atoms with Crippen LogP contribution in [-0.4, -0.2) is 59.4 Å². The summed E-state index contributed by atoms with van der Waals surface area (Å²) in [6.07, 6.45) is 0. The lowest BCUT2D eigenvalue weighted by Gasteiger charge is -2.28. The first-order chi connectivity index (χ1) is 15.4. The first-order valence-electron chi connectivity index (χ1n) is 11.2. The van der Waals surface area contributed by atoms with E-state index in [4.69, 9.17) is 4.74 Å². The third kappa shape index (κ3) is 4.86. The topological polar surface area (TPSA) is 70.1 Å². The zero-order chi connectivity index (χ0) is 23.3. The van der Waals surface area contributed by atoms with E-state index >= 15 is 0 Å². The van der Waals surface area contributed by atoms with Crippen LogP contribution in [0, 0.1) is 6.92 Å². The average Bonchev–Trinajstić information content (AvgIpc) is 3.05. The lowest BCUT2D eigenvalue weighted by Crippen LogP contribution is -2.38. The Morgan fingerprint density at radius 3 is 2.19 bits per heavy atom. The van der Waals surface area contributed by atoms with Crippen LogP contribution in [0.25, 0.3) is 5.76 Å². The minimum Gasteiger partial charge on any atom is -0.507 e. The zero-order valence-electron chi connectivity index (χ0n) is 19.3. The fraction of sp³-hybridized carbons (Fsp3) is 0.385. The molecule has 2 aromatic carbocycles. The summed E-state index contributed by atoms with van der Waals surface area (Å²) < 4.78 is 5.47. The van der Waals surface area contributed by atoms with E-state index in [0.717, 1.165) is 24.2 Å². The van der Waals surface area contributed by atoms with Crippen molar-refractivity contribution >= 4 is 17.4 Å². The summed E-state index contributed by atoms with van der Waals surface area (Å²) in [6.45, 7) is 11.4. The molecule has 1 fully saturated rings. The maximum absolute atomic E-state index is 13.1. The number of hydrogen-bond donors (Lipinski definition) is 1. The van der Waals surface area contributed by atoms with Gasteiger partial charge >= 0.3 is 0 Å². The first-order valence-corrected chi connectivity index (χ1v) is 11.2. The smallest absolute Gasteiger partial charge is 0.295 e. The molecule has 6 nitrogen and oxygen atoms in total. The Balaban J connectivity index is 2.05. The summed E-state index contributed by atoms with van der Waals surface area (Å²) in [4.78, 5) is 29.9. The molecule has 0 bridgehead atoms. The van der Waals surface area contributed by atoms with Crippen molar-refractivity contribution in [3.63, 3.8) is 0 Å². The second-order valence-corrected chi connectivity index (χ2v) is 7.89. The number of aliphatic hydroxyl groups excluding tert-OH is 1. The van der Waals surface area contributed by atoms with E-state index in [0.29, 0.717) is 31.0 Å². The van der Waals surface area contributed by atoms with Crippen molar-refractivity contribution in [1.29, 1.82) is 0 Å². The lowest BCUT2D eigenvalue weighted by molar-refractivity contribution is -0.140. The fourth-order valence-corrected chi connectivity index (χ4v) is 4.03. The lowest BCUT2D eigenvalue weighted by atomic mass is 9.94. The number of benzene rings is 2. The Labute approximate surface area is 190 Å². The molecule has 0 spiro atoms. The van der Waals surface area contributed by atoms with E-state index in [9.17, 15) is 14.7 Å². The van der Waals surface area contributed by atoms with Crippen molar-refractivity contribution < 1.29 is 19.4 Å². The minimum absolute atomic E-state index is 0.127. The van der Waals surface area contributed by atoms with E-state index in [2.05, 4.69) is 18.7 Å². The maximum Gasteiger partial charge on any atom is 0.295 e. The second-order valence-electron chi connectivity index (χ2n) is 7.89. The van der Waals surface area contributed by atoms with Crippen LogP contribution in [0.3, 0.4) is 0 Å². The van der Waals surface area contributed by atoms with Gasteiger partial charge in [0.05, 0.1) is 18.2 Å². The number of carbonyl (C=O) groups is 2. The van der Waals surface area contributed by atoms with E-state index in [1.807, 2.05) is 38.1 Å². The van der Waals surface area contributed by atoms with Crippen molar-refractivity contribution in [1.82, 2.24) is 9.80 Å². The Morgan fingerprint density at radius 2 is 1.62 bits per heavy atom. The monoisotopic (exact) mass is 436 g/mol. The summed E-state index contributed by atoms with van der Waals surface area (Å²) in [5.41, 5.74) is 2.50. The van der Waals surface area contributed by atoms with Crippen LogP contribution in [-0.2, 0) is 9.59 Å². The van der Waals surface area contributed by atoms with Gasteiger partial charge in [0.1, 0.15) is 11.5 Å². The van der Waals surface area contributed by atoms with Crippen LogP contribution in [0.5, 0.6) is 5.75 Å². The van der Waals surface area contributed by atoms with Crippen molar-refractivity contribution in [3.05, 3.63) is 70.8 Å². The Hall–Kier alpha value is -3.12. The standard InChI is InChI=1S/C26H32N2O4/c1-5-27(6-2)16-17-28-23(19-10-8-18(4)9-11-19)22(25(30)26(28)31)24(29)20-12-14-21(15-13-20)32-7-3/h8-15,23,29H,5-7,16-17H2,1-4H3/t23-/m1/s1. The third-order valence-electron chi connectivity index (χ3n) is 5.92. The zero-order valence-corrected chi connectivity index (χ0v) is 19.3. The number of likely N-dealkylation sites (tertiary alicyclic amines) is 1. The number of aryl methyl sites for hydroxylation is 1. The number of ether oxygens (including phenoxy) is 1. The van der Waals surface area contributed by atoms with Crippen LogP contribution in [0.2, 0.25) is 0 Å². The molecule has 170 valence electrons. The molecule has 3 rings (SSSR count). The van der Waals surface area contributed by atoms with Gasteiger partial charge in [0.25, 0.3) is 11.7 Å². The number of amides is 1. The van der Waals surface area contributed by atoms with Crippen molar-refractivity contribution in [3.8, 4) is 5.75 Å². The van der Waals surface area contributed by atoms with Crippen LogP contribution >= 0.6 is 0 Å². The first kappa shape index (κ1) is 23.5. The molecule has 0 unspecified atom stereocenters. The van der Waals surface area contributed by atoms with E-state index in [1.54, 1.807) is 29.2 Å². The Morgan fingerprint density at radius 1 is 1.00 bits per heavy atom. The number of ketones is 1. The fourth-order valence-electron chi connectivity index (χ4n) is 4.03. The highest BCUT2D eigenvalue weighted by atomic mass is 16.5. The average molecular weight is 437 g/mol. The molecule has 1 saturated heterocycles. The molecule has 32 heavy (non-hydrogen) atoms. The van der Waals surface area contributed by atoms with Crippen LogP contribution in [0.1, 0.15) is 43.5 Å². The summed E-state index contributed by atoms with van der Waals surface area (Å²) in [5.74, 6) is -0.710. The summed E-state index contributed by atoms with van der Waals surface area (Å²) in [6, 6.07) is 14.0. The number of rotatable bonds is 9. The Bertz CT molecular complexity index is 976. The van der Waals surface area contributed by atoms with Crippen molar-refractivity contribution in [2.45, 2.75) is 33.7 Å². The van der Waals surface area contributed by atoms with Crippen molar-refractivity contribution in [2.24, 2.45) is 0 Å². The number of carbonyl (C=O) groups excluding carboxylic acids is 2. The number of aliphatic hydroxyl groups is 1. The predicted octanol–water partition coefficient (Wildman–Crippen LogP) is 4.16.